The predicted octanol–water partition coefficient (Wildman–Crippen LogP) is 5.69. The number of hydrogen-bond donors (Lipinski definition) is 1. The van der Waals surface area contributed by atoms with Gasteiger partial charge in [0.2, 0.25) is 5.88 Å². The fourth-order valence-electron chi connectivity index (χ4n) is 3.01. The highest BCUT2D eigenvalue weighted by molar-refractivity contribution is 6.33. The van der Waals surface area contributed by atoms with E-state index in [-0.39, 0.29) is 29.7 Å². The van der Waals surface area contributed by atoms with Gasteiger partial charge in [-0.05, 0) is 47.5 Å². The highest BCUT2D eigenvalue weighted by Crippen LogP contribution is 2.24. The van der Waals surface area contributed by atoms with Crippen LogP contribution in [0.25, 0.3) is 0 Å². The molecule has 5 nitrogen and oxygen atoms in total. The molecule has 0 aliphatic heterocycles. The number of aromatic nitrogens is 2. The third-order valence-corrected chi connectivity index (χ3v) is 4.97. The molecule has 1 N–H and O–H groups in total. The molecular formula is C24H18ClF2N3O2. The maximum Gasteiger partial charge on any atom is 0.262 e. The standard InChI is InChI=1S/C24H18ClF2N3O2/c25-21-3-1-2-4-22(21)28-23(31)20-14-30(13-16-5-9-18(26)10-6-16)29-24(20)32-15-17-7-11-19(27)12-8-17/h1-12,14H,13,15H2,(H,28,31). The molecule has 32 heavy (non-hydrogen) atoms. The van der Waals surface area contributed by atoms with Crippen molar-refractivity contribution in [2.24, 2.45) is 0 Å². The van der Waals surface area contributed by atoms with Crippen LogP contribution in [0.3, 0.4) is 0 Å². The minimum Gasteiger partial charge on any atom is -0.471 e. The number of carbonyl (C=O) groups excluding carboxylic acids is 1. The summed E-state index contributed by atoms with van der Waals surface area (Å²) >= 11 is 6.15. The second kappa shape index (κ2) is 9.62. The van der Waals surface area contributed by atoms with Gasteiger partial charge in [-0.1, -0.05) is 48.0 Å². The molecule has 0 saturated heterocycles. The Morgan fingerprint density at radius 3 is 2.22 bits per heavy atom. The van der Waals surface area contributed by atoms with Crippen LogP contribution >= 0.6 is 11.6 Å². The first kappa shape index (κ1) is 21.5. The second-order valence-electron chi connectivity index (χ2n) is 7.02. The largest absolute Gasteiger partial charge is 0.471 e. The molecule has 1 heterocycles. The molecule has 1 amide bonds. The molecule has 3 aromatic carbocycles. The zero-order valence-electron chi connectivity index (χ0n) is 16.8. The summed E-state index contributed by atoms with van der Waals surface area (Å²) in [5.74, 6) is -1.02. The number of nitrogens with zero attached hydrogens (tertiary/aromatic N) is 2. The lowest BCUT2D eigenvalue weighted by Gasteiger charge is -2.08. The Labute approximate surface area is 188 Å². The topological polar surface area (TPSA) is 56.2 Å². The molecule has 0 bridgehead atoms. The highest BCUT2D eigenvalue weighted by atomic mass is 35.5. The van der Waals surface area contributed by atoms with E-state index in [4.69, 9.17) is 16.3 Å². The number of amides is 1. The third-order valence-electron chi connectivity index (χ3n) is 4.64. The van der Waals surface area contributed by atoms with E-state index < -0.39 is 5.91 Å². The van der Waals surface area contributed by atoms with Gasteiger partial charge in [0.05, 0.1) is 17.3 Å². The minimum absolute atomic E-state index is 0.0974. The number of para-hydroxylation sites is 1. The molecule has 4 aromatic rings. The van der Waals surface area contributed by atoms with Crippen molar-refractivity contribution >= 4 is 23.2 Å². The van der Waals surface area contributed by atoms with E-state index in [0.717, 1.165) is 11.1 Å². The van der Waals surface area contributed by atoms with Crippen molar-refractivity contribution in [1.82, 2.24) is 9.78 Å². The smallest absolute Gasteiger partial charge is 0.262 e. The van der Waals surface area contributed by atoms with E-state index in [9.17, 15) is 13.6 Å². The third kappa shape index (κ3) is 5.31. The van der Waals surface area contributed by atoms with Crippen molar-refractivity contribution in [3.63, 3.8) is 0 Å². The molecule has 4 rings (SSSR count). The molecule has 0 aliphatic carbocycles. The van der Waals surface area contributed by atoms with Gasteiger partial charge in [-0.2, -0.15) is 0 Å². The van der Waals surface area contributed by atoms with E-state index in [2.05, 4.69) is 10.4 Å². The van der Waals surface area contributed by atoms with Gasteiger partial charge >= 0.3 is 0 Å². The molecule has 8 heteroatoms. The first-order chi connectivity index (χ1) is 15.5. The lowest BCUT2D eigenvalue weighted by molar-refractivity contribution is 0.102. The maximum atomic E-state index is 13.2. The molecule has 0 spiro atoms. The Morgan fingerprint density at radius 2 is 1.56 bits per heavy atom. The molecular weight excluding hydrogens is 436 g/mol. The summed E-state index contributed by atoms with van der Waals surface area (Å²) in [7, 11) is 0. The van der Waals surface area contributed by atoms with Gasteiger partial charge in [-0.15, -0.1) is 5.10 Å². The van der Waals surface area contributed by atoms with Gasteiger partial charge in [-0.25, -0.2) is 8.78 Å². The lowest BCUT2D eigenvalue weighted by Crippen LogP contribution is -2.13. The maximum absolute atomic E-state index is 13.2. The van der Waals surface area contributed by atoms with Crippen LogP contribution in [-0.2, 0) is 13.2 Å². The monoisotopic (exact) mass is 453 g/mol. The van der Waals surface area contributed by atoms with Crippen molar-refractivity contribution in [3.8, 4) is 5.88 Å². The normalized spacial score (nSPS) is 10.7. The van der Waals surface area contributed by atoms with Crippen LogP contribution in [0.5, 0.6) is 5.88 Å². The molecule has 162 valence electrons. The summed E-state index contributed by atoms with van der Waals surface area (Å²) in [5, 5.41) is 7.53. The van der Waals surface area contributed by atoms with E-state index in [1.165, 1.54) is 28.9 Å². The number of halogens is 3. The summed E-state index contributed by atoms with van der Waals surface area (Å²) in [6, 6.07) is 18.7. The quantitative estimate of drug-likeness (QED) is 0.391. The van der Waals surface area contributed by atoms with Gasteiger partial charge in [-0.3, -0.25) is 9.48 Å². The lowest BCUT2D eigenvalue weighted by atomic mass is 10.2. The number of ether oxygens (including phenoxy) is 1. The van der Waals surface area contributed by atoms with E-state index >= 15 is 0 Å². The molecule has 0 aliphatic rings. The fraction of sp³-hybridized carbons (Fsp3) is 0.0833. The number of carbonyl (C=O) groups is 1. The van der Waals surface area contributed by atoms with Gasteiger partial charge < -0.3 is 10.1 Å². The molecule has 0 radical (unpaired) electrons. The van der Waals surface area contributed by atoms with Gasteiger partial charge in [0.15, 0.2) is 0 Å². The zero-order valence-corrected chi connectivity index (χ0v) is 17.5. The van der Waals surface area contributed by atoms with E-state index in [0.29, 0.717) is 17.3 Å². The SMILES string of the molecule is O=C(Nc1ccccc1Cl)c1cn(Cc2ccc(F)cc2)nc1OCc1ccc(F)cc1. The van der Waals surface area contributed by atoms with Gasteiger partial charge in [0.1, 0.15) is 23.8 Å². The van der Waals surface area contributed by atoms with Crippen LogP contribution < -0.4 is 10.1 Å². The average Bonchev–Trinajstić information content (AvgIpc) is 3.19. The average molecular weight is 454 g/mol. The van der Waals surface area contributed by atoms with Crippen molar-refractivity contribution in [2.45, 2.75) is 13.2 Å². The Hall–Kier alpha value is -3.71. The minimum atomic E-state index is -0.447. The van der Waals surface area contributed by atoms with Crippen LogP contribution in [0.2, 0.25) is 5.02 Å². The number of anilines is 1. The Morgan fingerprint density at radius 1 is 0.938 bits per heavy atom. The van der Waals surface area contributed by atoms with Gasteiger partial charge in [0, 0.05) is 6.20 Å². The number of benzene rings is 3. The van der Waals surface area contributed by atoms with Crippen LogP contribution in [0, 0.1) is 11.6 Å². The second-order valence-corrected chi connectivity index (χ2v) is 7.43. The molecule has 0 unspecified atom stereocenters. The van der Waals surface area contributed by atoms with Crippen LogP contribution in [0.15, 0.2) is 79.0 Å². The van der Waals surface area contributed by atoms with Crippen molar-refractivity contribution in [1.29, 1.82) is 0 Å². The zero-order chi connectivity index (χ0) is 22.5. The van der Waals surface area contributed by atoms with Crippen LogP contribution in [-0.4, -0.2) is 15.7 Å². The number of rotatable bonds is 7. The highest BCUT2D eigenvalue weighted by Gasteiger charge is 2.19. The summed E-state index contributed by atoms with van der Waals surface area (Å²) in [4.78, 5) is 13.0. The number of nitrogens with one attached hydrogen (secondary N) is 1. The summed E-state index contributed by atoms with van der Waals surface area (Å²) < 4.78 is 33.7. The summed E-state index contributed by atoms with van der Waals surface area (Å²) in [6.07, 6.45) is 1.55. The van der Waals surface area contributed by atoms with Gasteiger partial charge in [0.25, 0.3) is 5.91 Å². The van der Waals surface area contributed by atoms with E-state index in [1.54, 1.807) is 54.7 Å². The van der Waals surface area contributed by atoms with E-state index in [1.807, 2.05) is 0 Å². The summed E-state index contributed by atoms with van der Waals surface area (Å²) in [5.41, 5.74) is 2.18. The molecule has 0 saturated carbocycles. The van der Waals surface area contributed by atoms with Crippen molar-refractivity contribution < 1.29 is 18.3 Å². The van der Waals surface area contributed by atoms with Crippen LogP contribution in [0.4, 0.5) is 14.5 Å². The van der Waals surface area contributed by atoms with Crippen molar-refractivity contribution in [2.75, 3.05) is 5.32 Å². The van der Waals surface area contributed by atoms with Crippen LogP contribution in [0.1, 0.15) is 21.5 Å². The number of hydrogen-bond acceptors (Lipinski definition) is 3. The Bertz CT molecular complexity index is 1220. The Kier molecular flexibility index (Phi) is 6.47. The van der Waals surface area contributed by atoms with Crippen molar-refractivity contribution in [3.05, 3.63) is 112 Å². The first-order valence-electron chi connectivity index (χ1n) is 9.73. The summed E-state index contributed by atoms with van der Waals surface area (Å²) in [6.45, 7) is 0.410. The molecule has 0 fully saturated rings. The molecule has 1 aromatic heterocycles. The fourth-order valence-corrected chi connectivity index (χ4v) is 3.19. The molecule has 0 atom stereocenters. The predicted molar refractivity (Wildman–Crippen MR) is 118 cm³/mol. The Balaban J connectivity index is 1.58. The first-order valence-corrected chi connectivity index (χ1v) is 10.1.